The number of alkyl halides is 2. The maximum atomic E-state index is 12.8. The van der Waals surface area contributed by atoms with Crippen molar-refractivity contribution in [2.75, 3.05) is 0 Å². The lowest BCUT2D eigenvalue weighted by molar-refractivity contribution is 0.146. The number of amidine groups is 1. The molecule has 0 heterocycles. The number of nitrogen functional groups attached to an aromatic ring is 1. The van der Waals surface area contributed by atoms with E-state index in [1.807, 2.05) is 0 Å². The third-order valence-electron chi connectivity index (χ3n) is 1.55. The molecule has 0 aliphatic heterocycles. The van der Waals surface area contributed by atoms with Gasteiger partial charge in [0.15, 0.2) is 0 Å². The topological polar surface area (TPSA) is 49.9 Å². The van der Waals surface area contributed by atoms with Crippen molar-refractivity contribution in [1.29, 1.82) is 5.41 Å². The van der Waals surface area contributed by atoms with Crippen molar-refractivity contribution in [3.8, 4) is 0 Å². The van der Waals surface area contributed by atoms with Gasteiger partial charge in [-0.05, 0) is 12.1 Å². The van der Waals surface area contributed by atoms with Gasteiger partial charge in [-0.3, -0.25) is 5.41 Å². The van der Waals surface area contributed by atoms with Crippen molar-refractivity contribution in [2.45, 2.75) is 6.43 Å². The zero-order chi connectivity index (χ0) is 10.0. The van der Waals surface area contributed by atoms with Crippen LogP contribution < -0.4 is 5.73 Å². The van der Waals surface area contributed by atoms with E-state index in [1.54, 1.807) is 0 Å². The second-order valence-electron chi connectivity index (χ2n) is 2.45. The normalized spacial score (nSPS) is 10.5. The largest absolute Gasteiger partial charge is 0.384 e. The van der Waals surface area contributed by atoms with Crippen LogP contribution in [0.2, 0.25) is 0 Å². The van der Waals surface area contributed by atoms with Crippen LogP contribution in [0.5, 0.6) is 0 Å². The molecule has 1 aromatic rings. The highest BCUT2D eigenvalue weighted by Gasteiger charge is 2.13. The molecule has 0 fully saturated rings. The summed E-state index contributed by atoms with van der Waals surface area (Å²) in [5, 5.41) is 6.93. The van der Waals surface area contributed by atoms with E-state index in [9.17, 15) is 13.2 Å². The molecule has 0 bridgehead atoms. The Morgan fingerprint density at radius 1 is 1.38 bits per heavy atom. The number of benzene rings is 1. The maximum Gasteiger partial charge on any atom is 0.266 e. The van der Waals surface area contributed by atoms with E-state index in [0.717, 1.165) is 12.1 Å². The molecule has 0 spiro atoms. The molecule has 0 aliphatic carbocycles. The minimum atomic E-state index is -2.85. The summed E-state index contributed by atoms with van der Waals surface area (Å²) in [6.45, 7) is 0. The van der Waals surface area contributed by atoms with Crippen LogP contribution in [0.15, 0.2) is 18.2 Å². The molecule has 1 aromatic carbocycles. The molecule has 2 nitrogen and oxygen atoms in total. The molecule has 70 valence electrons. The van der Waals surface area contributed by atoms with Crippen molar-refractivity contribution in [1.82, 2.24) is 0 Å². The Balaban J connectivity index is 3.13. The van der Waals surface area contributed by atoms with E-state index in [2.05, 4.69) is 0 Å². The summed E-state index contributed by atoms with van der Waals surface area (Å²) >= 11 is 0. The first-order valence-corrected chi connectivity index (χ1v) is 3.44. The van der Waals surface area contributed by atoms with E-state index >= 15 is 0 Å². The van der Waals surface area contributed by atoms with E-state index in [-0.39, 0.29) is 11.4 Å². The van der Waals surface area contributed by atoms with Gasteiger partial charge in [0.05, 0.1) is 5.56 Å². The third-order valence-corrected chi connectivity index (χ3v) is 1.55. The second kappa shape index (κ2) is 3.47. The fourth-order valence-electron chi connectivity index (χ4n) is 0.872. The van der Waals surface area contributed by atoms with Crippen LogP contribution in [0.1, 0.15) is 17.6 Å². The SMILES string of the molecule is N=C(N)c1ccc(C(F)F)c(F)c1. The summed E-state index contributed by atoms with van der Waals surface area (Å²) in [5.74, 6) is -1.39. The van der Waals surface area contributed by atoms with Gasteiger partial charge in [-0.25, -0.2) is 13.2 Å². The van der Waals surface area contributed by atoms with Crippen LogP contribution in [0, 0.1) is 11.2 Å². The number of halogens is 3. The molecule has 5 heteroatoms. The Labute approximate surface area is 72.7 Å². The van der Waals surface area contributed by atoms with Crippen molar-refractivity contribution in [3.63, 3.8) is 0 Å². The van der Waals surface area contributed by atoms with Gasteiger partial charge in [0.25, 0.3) is 6.43 Å². The van der Waals surface area contributed by atoms with Gasteiger partial charge in [-0.15, -0.1) is 0 Å². The van der Waals surface area contributed by atoms with Gasteiger partial charge in [0.1, 0.15) is 11.7 Å². The molecule has 0 saturated heterocycles. The molecule has 0 unspecified atom stereocenters. The lowest BCUT2D eigenvalue weighted by atomic mass is 10.1. The lowest BCUT2D eigenvalue weighted by Crippen LogP contribution is -2.11. The van der Waals surface area contributed by atoms with Crippen LogP contribution in [0.4, 0.5) is 13.2 Å². The highest BCUT2D eigenvalue weighted by atomic mass is 19.3. The summed E-state index contributed by atoms with van der Waals surface area (Å²) in [6, 6.07) is 2.94. The second-order valence-corrected chi connectivity index (χ2v) is 2.45. The molecule has 0 saturated carbocycles. The first-order chi connectivity index (χ1) is 6.02. The predicted molar refractivity (Wildman–Crippen MR) is 42.4 cm³/mol. The summed E-state index contributed by atoms with van der Waals surface area (Å²) in [4.78, 5) is 0. The summed E-state index contributed by atoms with van der Waals surface area (Å²) < 4.78 is 36.9. The van der Waals surface area contributed by atoms with Crippen molar-refractivity contribution >= 4 is 5.84 Å². The molecule has 3 N–H and O–H groups in total. The Hall–Kier alpha value is -1.52. The fraction of sp³-hybridized carbons (Fsp3) is 0.125. The first-order valence-electron chi connectivity index (χ1n) is 3.44. The van der Waals surface area contributed by atoms with Gasteiger partial charge in [0, 0.05) is 5.56 Å². The van der Waals surface area contributed by atoms with Gasteiger partial charge in [-0.1, -0.05) is 6.07 Å². The monoisotopic (exact) mass is 188 g/mol. The van der Waals surface area contributed by atoms with Gasteiger partial charge in [-0.2, -0.15) is 0 Å². The first kappa shape index (κ1) is 9.57. The summed E-state index contributed by atoms with van der Waals surface area (Å²) in [7, 11) is 0. The smallest absolute Gasteiger partial charge is 0.266 e. The number of nitrogens with one attached hydrogen (secondary N) is 1. The van der Waals surface area contributed by atoms with E-state index in [4.69, 9.17) is 11.1 Å². The van der Waals surface area contributed by atoms with Crippen molar-refractivity contribution < 1.29 is 13.2 Å². The average Bonchev–Trinajstić information content (AvgIpc) is 2.03. The number of hydrogen-bond donors (Lipinski definition) is 2. The quantitative estimate of drug-likeness (QED) is 0.541. The van der Waals surface area contributed by atoms with Gasteiger partial charge in [0.2, 0.25) is 0 Å². The molecule has 0 atom stereocenters. The highest BCUT2D eigenvalue weighted by Crippen LogP contribution is 2.22. The van der Waals surface area contributed by atoms with E-state index in [0.29, 0.717) is 0 Å². The molecular weight excluding hydrogens is 181 g/mol. The molecular formula is C8H7F3N2. The zero-order valence-electron chi connectivity index (χ0n) is 6.52. The minimum absolute atomic E-state index is 0.0990. The van der Waals surface area contributed by atoms with E-state index in [1.165, 1.54) is 6.07 Å². The maximum absolute atomic E-state index is 12.8. The Bertz CT molecular complexity index is 336. The number of hydrogen-bond acceptors (Lipinski definition) is 1. The van der Waals surface area contributed by atoms with Crippen molar-refractivity contribution in [3.05, 3.63) is 35.1 Å². The van der Waals surface area contributed by atoms with Gasteiger partial charge < -0.3 is 5.73 Å². The molecule has 0 amide bonds. The fourth-order valence-corrected chi connectivity index (χ4v) is 0.872. The predicted octanol–water partition coefficient (Wildman–Crippen LogP) is 2.05. The van der Waals surface area contributed by atoms with E-state index < -0.39 is 17.8 Å². The van der Waals surface area contributed by atoms with Crippen molar-refractivity contribution in [2.24, 2.45) is 5.73 Å². The summed E-state index contributed by atoms with van der Waals surface area (Å²) in [5.41, 5.74) is 4.46. The standard InChI is InChI=1S/C8H7F3N2/c9-6-3-4(8(12)13)1-2-5(6)7(10)11/h1-3,7H,(H3,12,13). The highest BCUT2D eigenvalue weighted by molar-refractivity contribution is 5.94. The molecule has 1 rings (SSSR count). The third kappa shape index (κ3) is 1.99. The van der Waals surface area contributed by atoms with Gasteiger partial charge >= 0.3 is 0 Å². The zero-order valence-corrected chi connectivity index (χ0v) is 6.52. The van der Waals surface area contributed by atoms with Crippen LogP contribution >= 0.6 is 0 Å². The summed E-state index contributed by atoms with van der Waals surface area (Å²) in [6.07, 6.45) is -2.85. The molecule has 13 heavy (non-hydrogen) atoms. The lowest BCUT2D eigenvalue weighted by Gasteiger charge is -2.03. The average molecular weight is 188 g/mol. The Morgan fingerprint density at radius 2 is 2.00 bits per heavy atom. The van der Waals surface area contributed by atoms with Crippen LogP contribution in [-0.4, -0.2) is 5.84 Å². The van der Waals surface area contributed by atoms with Crippen LogP contribution in [-0.2, 0) is 0 Å². The minimum Gasteiger partial charge on any atom is -0.384 e. The Kier molecular flexibility index (Phi) is 2.55. The number of rotatable bonds is 2. The Morgan fingerprint density at radius 3 is 2.38 bits per heavy atom. The van der Waals surface area contributed by atoms with Crippen LogP contribution in [0.25, 0.3) is 0 Å². The van der Waals surface area contributed by atoms with Crippen LogP contribution in [0.3, 0.4) is 0 Å². The molecule has 0 radical (unpaired) electrons. The molecule has 0 aliphatic rings. The number of nitrogens with two attached hydrogens (primary N) is 1. The molecule has 0 aromatic heterocycles.